The fraction of sp³-hybridized carbons (Fsp3) is 0.700. The molecule has 20 heavy (non-hydrogen) atoms. The highest BCUT2D eigenvalue weighted by Crippen LogP contribution is 2.50. The summed E-state index contributed by atoms with van der Waals surface area (Å²) in [5, 5.41) is 0. The van der Waals surface area contributed by atoms with Gasteiger partial charge in [0.05, 0.1) is 0 Å². The molecule has 0 nitrogen and oxygen atoms in total. The second-order valence-corrected chi connectivity index (χ2v) is 7.54. The van der Waals surface area contributed by atoms with Gasteiger partial charge < -0.3 is 0 Å². The Balaban J connectivity index is 1.89. The quantitative estimate of drug-likeness (QED) is 0.616. The van der Waals surface area contributed by atoms with Crippen LogP contribution >= 0.6 is 0 Å². The summed E-state index contributed by atoms with van der Waals surface area (Å²) in [6, 6.07) is 9.55. The van der Waals surface area contributed by atoms with Crippen molar-refractivity contribution < 1.29 is 0 Å². The molecule has 2 saturated carbocycles. The van der Waals surface area contributed by atoms with Crippen molar-refractivity contribution in [3.05, 3.63) is 35.4 Å². The second-order valence-electron chi connectivity index (χ2n) is 7.54. The molecule has 0 aliphatic heterocycles. The molecule has 0 atom stereocenters. The van der Waals surface area contributed by atoms with Crippen LogP contribution in [0.4, 0.5) is 0 Å². The maximum atomic E-state index is 2.44. The topological polar surface area (TPSA) is 0 Å². The zero-order valence-electron chi connectivity index (χ0n) is 13.3. The normalized spacial score (nSPS) is 30.1. The van der Waals surface area contributed by atoms with E-state index in [1.807, 2.05) is 0 Å². The van der Waals surface area contributed by atoms with Crippen molar-refractivity contribution in [3.63, 3.8) is 0 Å². The first-order valence-electron chi connectivity index (χ1n) is 8.78. The molecule has 0 radical (unpaired) electrons. The van der Waals surface area contributed by atoms with Crippen molar-refractivity contribution >= 4 is 0 Å². The third kappa shape index (κ3) is 2.67. The van der Waals surface area contributed by atoms with Crippen LogP contribution in [0.5, 0.6) is 0 Å². The van der Waals surface area contributed by atoms with Crippen molar-refractivity contribution in [1.82, 2.24) is 0 Å². The summed E-state index contributed by atoms with van der Waals surface area (Å²) in [4.78, 5) is 0. The molecule has 0 heteroatoms. The molecular formula is C20H30. The molecule has 110 valence electrons. The number of hydrogen-bond acceptors (Lipinski definition) is 0. The Morgan fingerprint density at radius 1 is 0.850 bits per heavy atom. The van der Waals surface area contributed by atoms with Gasteiger partial charge in [-0.15, -0.1) is 0 Å². The zero-order chi connectivity index (χ0) is 14.0. The molecule has 1 aromatic carbocycles. The van der Waals surface area contributed by atoms with Crippen LogP contribution in [0.2, 0.25) is 0 Å². The molecule has 0 unspecified atom stereocenters. The minimum absolute atomic E-state index is 0.520. The first kappa shape index (κ1) is 14.2. The molecule has 0 spiro atoms. The molecule has 1 aromatic rings. The van der Waals surface area contributed by atoms with E-state index in [2.05, 4.69) is 38.1 Å². The van der Waals surface area contributed by atoms with E-state index in [4.69, 9.17) is 0 Å². The smallest absolute Gasteiger partial charge is 0.00187 e. The van der Waals surface area contributed by atoms with Crippen LogP contribution in [0.15, 0.2) is 24.3 Å². The Labute approximate surface area is 125 Å². The molecule has 0 amide bonds. The molecule has 2 aliphatic carbocycles. The van der Waals surface area contributed by atoms with Crippen LogP contribution in [0.1, 0.15) is 75.8 Å². The largest absolute Gasteiger partial charge is 0.0625 e. The Morgan fingerprint density at radius 3 is 2.05 bits per heavy atom. The van der Waals surface area contributed by atoms with Gasteiger partial charge in [0.2, 0.25) is 0 Å². The van der Waals surface area contributed by atoms with E-state index < -0.39 is 0 Å². The van der Waals surface area contributed by atoms with Crippen molar-refractivity contribution in [2.45, 2.75) is 77.0 Å². The van der Waals surface area contributed by atoms with Gasteiger partial charge in [0, 0.05) is 0 Å². The summed E-state index contributed by atoms with van der Waals surface area (Å²) in [6.45, 7) is 4.65. The lowest BCUT2D eigenvalue weighted by Gasteiger charge is -2.47. The lowest BCUT2D eigenvalue weighted by molar-refractivity contribution is 0.131. The first-order chi connectivity index (χ1) is 9.71. The average Bonchev–Trinajstić information content (AvgIpc) is 2.49. The van der Waals surface area contributed by atoms with Crippen LogP contribution in [-0.2, 0) is 5.41 Å². The highest BCUT2D eigenvalue weighted by molar-refractivity contribution is 5.30. The van der Waals surface area contributed by atoms with Gasteiger partial charge in [-0.05, 0) is 55.4 Å². The lowest BCUT2D eigenvalue weighted by atomic mass is 9.58. The molecule has 0 saturated heterocycles. The Hall–Kier alpha value is -0.780. The molecule has 0 aromatic heterocycles. The zero-order valence-corrected chi connectivity index (χ0v) is 13.3. The fourth-order valence-electron chi connectivity index (χ4n) is 4.81. The van der Waals surface area contributed by atoms with E-state index in [9.17, 15) is 0 Å². The van der Waals surface area contributed by atoms with E-state index in [1.165, 1.54) is 63.4 Å². The molecule has 2 fully saturated rings. The van der Waals surface area contributed by atoms with Crippen molar-refractivity contribution in [1.29, 1.82) is 0 Å². The first-order valence-corrected chi connectivity index (χ1v) is 8.78. The fourth-order valence-corrected chi connectivity index (χ4v) is 4.81. The summed E-state index contributed by atoms with van der Waals surface area (Å²) in [6.07, 6.45) is 13.1. The molecule has 2 aliphatic rings. The van der Waals surface area contributed by atoms with E-state index in [0.29, 0.717) is 5.41 Å². The van der Waals surface area contributed by atoms with Gasteiger partial charge in [0.15, 0.2) is 0 Å². The third-order valence-electron chi connectivity index (χ3n) is 6.17. The minimum atomic E-state index is 0.520. The van der Waals surface area contributed by atoms with Gasteiger partial charge in [0.25, 0.3) is 0 Å². The predicted molar refractivity (Wildman–Crippen MR) is 87.1 cm³/mol. The molecule has 3 rings (SSSR count). The number of aryl methyl sites for hydroxylation is 1. The Morgan fingerprint density at radius 2 is 1.45 bits per heavy atom. The van der Waals surface area contributed by atoms with E-state index in [0.717, 1.165) is 11.8 Å². The van der Waals surface area contributed by atoms with E-state index in [-0.39, 0.29) is 0 Å². The van der Waals surface area contributed by atoms with E-state index in [1.54, 1.807) is 5.56 Å². The van der Waals surface area contributed by atoms with Gasteiger partial charge in [-0.2, -0.15) is 0 Å². The SMILES string of the molecule is Cc1ccc(C2(C3CCC(C)CC3)CCCCC2)cc1. The molecule has 0 N–H and O–H groups in total. The van der Waals surface area contributed by atoms with Gasteiger partial charge >= 0.3 is 0 Å². The minimum Gasteiger partial charge on any atom is -0.0625 e. The van der Waals surface area contributed by atoms with Gasteiger partial charge in [-0.25, -0.2) is 0 Å². The summed E-state index contributed by atoms with van der Waals surface area (Å²) < 4.78 is 0. The van der Waals surface area contributed by atoms with E-state index >= 15 is 0 Å². The lowest BCUT2D eigenvalue weighted by Crippen LogP contribution is -2.39. The third-order valence-corrected chi connectivity index (χ3v) is 6.17. The van der Waals surface area contributed by atoms with Crippen LogP contribution in [0.25, 0.3) is 0 Å². The summed E-state index contributed by atoms with van der Waals surface area (Å²) >= 11 is 0. The monoisotopic (exact) mass is 270 g/mol. The van der Waals surface area contributed by atoms with Crippen LogP contribution in [-0.4, -0.2) is 0 Å². The van der Waals surface area contributed by atoms with Crippen LogP contribution in [0.3, 0.4) is 0 Å². The maximum absolute atomic E-state index is 2.44. The maximum Gasteiger partial charge on any atom is -0.00187 e. The van der Waals surface area contributed by atoms with Crippen LogP contribution in [0, 0.1) is 18.8 Å². The second kappa shape index (κ2) is 5.92. The summed E-state index contributed by atoms with van der Waals surface area (Å²) in [5.41, 5.74) is 3.57. The Kier molecular flexibility index (Phi) is 4.19. The van der Waals surface area contributed by atoms with Crippen molar-refractivity contribution in [3.8, 4) is 0 Å². The average molecular weight is 270 g/mol. The summed E-state index contributed by atoms with van der Waals surface area (Å²) in [7, 11) is 0. The molecule has 0 bridgehead atoms. The van der Waals surface area contributed by atoms with Gasteiger partial charge in [-0.1, -0.05) is 68.9 Å². The van der Waals surface area contributed by atoms with Crippen molar-refractivity contribution in [2.75, 3.05) is 0 Å². The van der Waals surface area contributed by atoms with Gasteiger partial charge in [0.1, 0.15) is 0 Å². The highest BCUT2D eigenvalue weighted by atomic mass is 14.5. The predicted octanol–water partition coefficient (Wildman–Crippen LogP) is 6.02. The standard InChI is InChI=1S/C20H30/c1-16-6-10-18(11-7-16)20(14-4-3-5-15-20)19-12-8-17(2)9-13-19/h6-7,10-11,17,19H,3-5,8-9,12-15H2,1-2H3. The van der Waals surface area contributed by atoms with Gasteiger partial charge in [-0.3, -0.25) is 0 Å². The molecular weight excluding hydrogens is 240 g/mol. The summed E-state index contributed by atoms with van der Waals surface area (Å²) in [5.74, 6) is 1.91. The highest BCUT2D eigenvalue weighted by Gasteiger charge is 2.41. The number of benzene rings is 1. The number of hydrogen-bond donors (Lipinski definition) is 0. The Bertz CT molecular complexity index is 414. The number of rotatable bonds is 2. The van der Waals surface area contributed by atoms with Crippen LogP contribution < -0.4 is 0 Å². The van der Waals surface area contributed by atoms with Crippen molar-refractivity contribution in [2.24, 2.45) is 11.8 Å². The molecule has 0 heterocycles.